The lowest BCUT2D eigenvalue weighted by molar-refractivity contribution is 0.679. The molecular formula is C28H24ClN3. The number of benzene rings is 2. The van der Waals surface area contributed by atoms with Crippen LogP contribution in [0.2, 0.25) is 5.02 Å². The summed E-state index contributed by atoms with van der Waals surface area (Å²) < 4.78 is 0. The third kappa shape index (κ3) is 6.52. The number of aryl methyl sites for hydroxylation is 1. The molecule has 0 atom stereocenters. The first-order chi connectivity index (χ1) is 15.8. The number of pyridine rings is 2. The van der Waals surface area contributed by atoms with E-state index in [4.69, 9.17) is 11.6 Å². The summed E-state index contributed by atoms with van der Waals surface area (Å²) in [4.78, 5) is 8.79. The zero-order valence-corrected chi connectivity index (χ0v) is 18.5. The topological polar surface area (TPSA) is 37.8 Å². The first kappa shape index (κ1) is 21.8. The van der Waals surface area contributed by atoms with Crippen LogP contribution >= 0.6 is 11.6 Å². The Kier molecular flexibility index (Phi) is 7.65. The van der Waals surface area contributed by atoms with E-state index in [9.17, 15) is 0 Å². The molecule has 4 heteroatoms. The molecule has 0 aliphatic heterocycles. The average molecular weight is 438 g/mol. The van der Waals surface area contributed by atoms with Gasteiger partial charge in [0.2, 0.25) is 0 Å². The van der Waals surface area contributed by atoms with Crippen LogP contribution in [-0.4, -0.2) is 9.97 Å². The lowest BCUT2D eigenvalue weighted by Gasteiger charge is -2.05. The largest absolute Gasteiger partial charge is 0.307 e. The monoisotopic (exact) mass is 437 g/mol. The minimum absolute atomic E-state index is 0.733. The molecule has 0 unspecified atom stereocenters. The fourth-order valence-corrected chi connectivity index (χ4v) is 3.43. The fourth-order valence-electron chi connectivity index (χ4n) is 3.30. The van der Waals surface area contributed by atoms with E-state index >= 15 is 0 Å². The molecule has 0 radical (unpaired) electrons. The molecule has 1 N–H and O–H groups in total. The first-order valence-electron chi connectivity index (χ1n) is 10.7. The Morgan fingerprint density at radius 3 is 2.25 bits per heavy atom. The summed E-state index contributed by atoms with van der Waals surface area (Å²) in [5.41, 5.74) is 6.55. The molecule has 0 saturated carbocycles. The van der Waals surface area contributed by atoms with Gasteiger partial charge in [-0.2, -0.15) is 0 Å². The fraction of sp³-hybridized carbons (Fsp3) is 0.143. The first-order valence-corrected chi connectivity index (χ1v) is 11.0. The molecule has 0 saturated heterocycles. The lowest BCUT2D eigenvalue weighted by Crippen LogP contribution is -2.13. The molecule has 0 amide bonds. The van der Waals surface area contributed by atoms with E-state index in [0.717, 1.165) is 53.5 Å². The van der Waals surface area contributed by atoms with Gasteiger partial charge in [0, 0.05) is 42.5 Å². The van der Waals surface area contributed by atoms with E-state index in [1.54, 1.807) is 0 Å². The predicted molar refractivity (Wildman–Crippen MR) is 131 cm³/mol. The molecule has 2 aromatic heterocycles. The van der Waals surface area contributed by atoms with Gasteiger partial charge in [-0.15, -0.1) is 0 Å². The SMILES string of the molecule is Clc1ccc(-c2ccc(C#CCCc3ccc(CNCc4ccccn4)cc3)nc2)cc1. The van der Waals surface area contributed by atoms with Crippen LogP contribution in [0.4, 0.5) is 0 Å². The minimum Gasteiger partial charge on any atom is -0.307 e. The number of rotatable bonds is 7. The molecule has 4 rings (SSSR count). The second-order valence-corrected chi connectivity index (χ2v) is 7.92. The van der Waals surface area contributed by atoms with Gasteiger partial charge >= 0.3 is 0 Å². The highest BCUT2D eigenvalue weighted by Gasteiger charge is 1.99. The van der Waals surface area contributed by atoms with E-state index in [1.807, 2.05) is 67.0 Å². The Labute approximate surface area is 194 Å². The maximum absolute atomic E-state index is 5.95. The number of halogens is 1. The van der Waals surface area contributed by atoms with E-state index < -0.39 is 0 Å². The number of aromatic nitrogens is 2. The summed E-state index contributed by atoms with van der Waals surface area (Å²) in [6.45, 7) is 1.60. The minimum atomic E-state index is 0.733. The van der Waals surface area contributed by atoms with Crippen LogP contribution in [0.25, 0.3) is 11.1 Å². The van der Waals surface area contributed by atoms with E-state index in [1.165, 1.54) is 11.1 Å². The highest BCUT2D eigenvalue weighted by Crippen LogP contribution is 2.20. The normalized spacial score (nSPS) is 10.4. The van der Waals surface area contributed by atoms with Crippen LogP contribution in [0, 0.1) is 11.8 Å². The quantitative estimate of drug-likeness (QED) is 0.356. The summed E-state index contributed by atoms with van der Waals surface area (Å²) in [6.07, 6.45) is 5.41. The molecule has 2 heterocycles. The maximum Gasteiger partial charge on any atom is 0.113 e. The van der Waals surface area contributed by atoms with Crippen molar-refractivity contribution in [2.24, 2.45) is 0 Å². The zero-order chi connectivity index (χ0) is 22.0. The van der Waals surface area contributed by atoms with E-state index in [2.05, 4.69) is 51.4 Å². The van der Waals surface area contributed by atoms with Crippen molar-refractivity contribution in [1.29, 1.82) is 0 Å². The van der Waals surface area contributed by atoms with E-state index in [-0.39, 0.29) is 0 Å². The molecule has 0 aliphatic rings. The Hall–Kier alpha value is -3.45. The van der Waals surface area contributed by atoms with Gasteiger partial charge in [0.05, 0.1) is 5.69 Å². The van der Waals surface area contributed by atoms with Crippen molar-refractivity contribution in [2.45, 2.75) is 25.9 Å². The molecule has 0 aliphatic carbocycles. The Morgan fingerprint density at radius 1 is 0.750 bits per heavy atom. The van der Waals surface area contributed by atoms with Gasteiger partial charge in [0.1, 0.15) is 5.69 Å². The van der Waals surface area contributed by atoms with Crippen LogP contribution in [0.1, 0.15) is 28.9 Å². The standard InChI is InChI=1S/C28H24ClN3/c29-26-15-12-24(13-16-26)25-14-17-27(32-20-25)6-2-1-5-22-8-10-23(11-9-22)19-30-21-28-7-3-4-18-31-28/h3-4,7-18,20,30H,1,5,19,21H2. The van der Waals surface area contributed by atoms with Crippen molar-refractivity contribution in [2.75, 3.05) is 0 Å². The Morgan fingerprint density at radius 2 is 1.53 bits per heavy atom. The Balaban J connectivity index is 1.23. The average Bonchev–Trinajstić information content (AvgIpc) is 2.84. The van der Waals surface area contributed by atoms with Gasteiger partial charge in [0.15, 0.2) is 0 Å². The Bertz CT molecular complexity index is 1170. The van der Waals surface area contributed by atoms with Crippen molar-refractivity contribution < 1.29 is 0 Å². The number of hydrogen-bond acceptors (Lipinski definition) is 3. The van der Waals surface area contributed by atoms with Crippen molar-refractivity contribution in [3.8, 4) is 23.0 Å². The molecule has 4 aromatic rings. The van der Waals surface area contributed by atoms with Gasteiger partial charge in [0.25, 0.3) is 0 Å². The third-order valence-electron chi connectivity index (χ3n) is 5.08. The van der Waals surface area contributed by atoms with Gasteiger partial charge in [-0.05, 0) is 59.4 Å². The van der Waals surface area contributed by atoms with Crippen molar-refractivity contribution in [1.82, 2.24) is 15.3 Å². The van der Waals surface area contributed by atoms with Crippen LogP contribution in [0.5, 0.6) is 0 Å². The number of nitrogens with one attached hydrogen (secondary N) is 1. The van der Waals surface area contributed by atoms with E-state index in [0.29, 0.717) is 0 Å². The molecule has 2 aromatic carbocycles. The number of hydrogen-bond donors (Lipinski definition) is 1. The molecular weight excluding hydrogens is 414 g/mol. The lowest BCUT2D eigenvalue weighted by atomic mass is 10.1. The van der Waals surface area contributed by atoms with Gasteiger partial charge in [-0.1, -0.05) is 66.1 Å². The second kappa shape index (κ2) is 11.2. The van der Waals surface area contributed by atoms with Crippen LogP contribution in [0.15, 0.2) is 91.3 Å². The zero-order valence-electron chi connectivity index (χ0n) is 17.8. The smallest absolute Gasteiger partial charge is 0.113 e. The summed E-state index contributed by atoms with van der Waals surface area (Å²) in [7, 11) is 0. The van der Waals surface area contributed by atoms with Crippen molar-refractivity contribution in [3.63, 3.8) is 0 Å². The summed E-state index contributed by atoms with van der Waals surface area (Å²) in [6, 6.07) is 26.4. The maximum atomic E-state index is 5.95. The summed E-state index contributed by atoms with van der Waals surface area (Å²) in [5.74, 6) is 6.39. The van der Waals surface area contributed by atoms with Gasteiger partial charge in [-0.3, -0.25) is 4.98 Å². The molecule has 32 heavy (non-hydrogen) atoms. The second-order valence-electron chi connectivity index (χ2n) is 7.48. The van der Waals surface area contributed by atoms with Gasteiger partial charge in [-0.25, -0.2) is 4.98 Å². The highest BCUT2D eigenvalue weighted by atomic mass is 35.5. The molecule has 3 nitrogen and oxygen atoms in total. The van der Waals surface area contributed by atoms with Gasteiger partial charge < -0.3 is 5.32 Å². The number of nitrogens with zero attached hydrogens (tertiary/aromatic N) is 2. The molecule has 0 bridgehead atoms. The summed E-state index contributed by atoms with van der Waals surface area (Å²) >= 11 is 5.95. The predicted octanol–water partition coefficient (Wildman–Crippen LogP) is 6.07. The van der Waals surface area contributed by atoms with Crippen LogP contribution < -0.4 is 5.32 Å². The van der Waals surface area contributed by atoms with Crippen LogP contribution in [0.3, 0.4) is 0 Å². The highest BCUT2D eigenvalue weighted by molar-refractivity contribution is 6.30. The summed E-state index contributed by atoms with van der Waals surface area (Å²) in [5, 5.41) is 4.16. The molecule has 158 valence electrons. The third-order valence-corrected chi connectivity index (χ3v) is 5.33. The van der Waals surface area contributed by atoms with Crippen LogP contribution in [-0.2, 0) is 19.5 Å². The van der Waals surface area contributed by atoms with Crippen molar-refractivity contribution >= 4 is 11.6 Å². The molecule has 0 fully saturated rings. The molecule has 0 spiro atoms. The van der Waals surface area contributed by atoms with Crippen molar-refractivity contribution in [3.05, 3.63) is 119 Å².